The summed E-state index contributed by atoms with van der Waals surface area (Å²) in [5.41, 5.74) is 4.90. The van der Waals surface area contributed by atoms with Crippen molar-refractivity contribution < 1.29 is 31.5 Å². The summed E-state index contributed by atoms with van der Waals surface area (Å²) in [4.78, 5) is 19.6. The van der Waals surface area contributed by atoms with Crippen LogP contribution in [0.3, 0.4) is 0 Å². The van der Waals surface area contributed by atoms with Crippen LogP contribution in [0.4, 0.5) is 0 Å². The average Bonchev–Trinajstić information content (AvgIpc) is 3.77. The number of aryl methyl sites for hydroxylation is 2. The molecule has 0 aliphatic heterocycles. The Balaban J connectivity index is 0.000000221. The lowest BCUT2D eigenvalue weighted by molar-refractivity contribution is 0.112. The van der Waals surface area contributed by atoms with Crippen molar-refractivity contribution in [2.24, 2.45) is 9.54 Å². The van der Waals surface area contributed by atoms with E-state index in [1.165, 1.54) is 0 Å². The van der Waals surface area contributed by atoms with Gasteiger partial charge in [0.2, 0.25) is 11.8 Å². The third-order valence-corrected chi connectivity index (χ3v) is 10.5. The van der Waals surface area contributed by atoms with Crippen LogP contribution in [-0.4, -0.2) is 40.4 Å². The second-order valence-corrected chi connectivity index (χ2v) is 18.4. The van der Waals surface area contributed by atoms with Gasteiger partial charge in [-0.05, 0) is 134 Å². The predicted molar refractivity (Wildman–Crippen MR) is 228 cm³/mol. The summed E-state index contributed by atoms with van der Waals surface area (Å²) in [6, 6.07) is 33.9. The lowest BCUT2D eigenvalue weighted by Crippen LogP contribution is -2.27. The highest BCUT2D eigenvalue weighted by Crippen LogP contribution is 2.24. The molecule has 0 radical (unpaired) electrons. The van der Waals surface area contributed by atoms with Crippen LogP contribution < -0.4 is 14.6 Å². The van der Waals surface area contributed by atoms with Gasteiger partial charge in [0.15, 0.2) is 0 Å². The van der Waals surface area contributed by atoms with E-state index in [0.717, 1.165) is 51.6 Å². The van der Waals surface area contributed by atoms with E-state index in [4.69, 9.17) is 23.4 Å². The minimum absolute atomic E-state index is 0.250. The summed E-state index contributed by atoms with van der Waals surface area (Å²) >= 11 is 0. The zero-order chi connectivity index (χ0) is 41.6. The fraction of sp³-hybridized carbons (Fsp3) is 0.273. The number of hydrogen-bond donors (Lipinski definition) is 1. The van der Waals surface area contributed by atoms with Crippen LogP contribution in [0.15, 0.2) is 122 Å². The molecule has 0 saturated heterocycles. The molecule has 0 spiro atoms. The van der Waals surface area contributed by atoms with Crippen LogP contribution >= 0.6 is 0 Å². The summed E-state index contributed by atoms with van der Waals surface area (Å²) in [6.07, 6.45) is 2.43. The summed E-state index contributed by atoms with van der Waals surface area (Å²) in [6.45, 7) is 15.6. The number of carbonyl (C=O) groups excluding carboxylic acids is 1. The van der Waals surface area contributed by atoms with Crippen molar-refractivity contribution >= 4 is 34.5 Å². The highest BCUT2D eigenvalue weighted by atomic mass is 32.2. The topological polar surface area (TPSA) is 160 Å². The molecule has 300 valence electrons. The molecule has 4 aromatic carbocycles. The number of rotatable bonds is 11. The maximum absolute atomic E-state index is 12.0. The number of carbonyl (C=O) groups is 1. The maximum atomic E-state index is 12.0. The Kier molecular flexibility index (Phi) is 16.0. The molecule has 2 atom stereocenters. The standard InChI is InChI=1S/C22H24N2O3S.C18H15NO3.C4H11NOS/c1-16-20(24-21(27-16)18-8-6-5-7-9-18)15-26-19-12-10-17(11-13-19)14-23-28(25)22(2,3)4;1-13-17(12-21-16-9-7-14(11-20)8-10-16)19-18(22-13)15-5-3-2-4-6-15;1-4(2,3)7(5)6/h5-14H,15H2,1-4H3;2-11H,12H2,1H3;5H2,1-3H3/t28-;;7-/m1.1/s1. The van der Waals surface area contributed by atoms with Crippen LogP contribution in [0.25, 0.3) is 22.9 Å². The molecule has 2 heterocycles. The summed E-state index contributed by atoms with van der Waals surface area (Å²) < 4.78 is 48.8. The lowest BCUT2D eigenvalue weighted by atomic mass is 10.2. The highest BCUT2D eigenvalue weighted by molar-refractivity contribution is 7.85. The Morgan fingerprint density at radius 2 is 1.02 bits per heavy atom. The summed E-state index contributed by atoms with van der Waals surface area (Å²) in [5.74, 6) is 4.07. The van der Waals surface area contributed by atoms with Gasteiger partial charge in [0.25, 0.3) is 0 Å². The minimum atomic E-state index is -1.27. The first-order valence-corrected chi connectivity index (χ1v) is 20.4. The van der Waals surface area contributed by atoms with Gasteiger partial charge in [0, 0.05) is 22.9 Å². The van der Waals surface area contributed by atoms with Gasteiger partial charge >= 0.3 is 0 Å². The van der Waals surface area contributed by atoms with E-state index >= 15 is 0 Å². The fourth-order valence-electron chi connectivity index (χ4n) is 4.40. The van der Waals surface area contributed by atoms with E-state index in [1.54, 1.807) is 30.5 Å². The zero-order valence-electron chi connectivity index (χ0n) is 33.6. The van der Waals surface area contributed by atoms with Crippen LogP contribution in [0.2, 0.25) is 0 Å². The molecule has 6 rings (SSSR count). The summed E-state index contributed by atoms with van der Waals surface area (Å²) in [5, 5.41) is 5.04. The van der Waals surface area contributed by atoms with Crippen molar-refractivity contribution in [3.63, 3.8) is 0 Å². The van der Waals surface area contributed by atoms with Crippen molar-refractivity contribution in [2.45, 2.75) is 78.1 Å². The van der Waals surface area contributed by atoms with E-state index in [1.807, 2.05) is 140 Å². The van der Waals surface area contributed by atoms with Crippen LogP contribution in [0.1, 0.15) is 80.4 Å². The van der Waals surface area contributed by atoms with Gasteiger partial charge in [-0.15, -0.1) is 0 Å². The molecule has 0 bridgehead atoms. The van der Waals surface area contributed by atoms with Gasteiger partial charge in [0.05, 0.1) is 20.5 Å². The molecule has 13 heteroatoms. The third-order valence-electron chi connectivity index (χ3n) is 7.90. The first kappa shape index (κ1) is 44.2. The quantitative estimate of drug-likeness (QED) is 0.0993. The third kappa shape index (κ3) is 14.2. The molecule has 2 aromatic heterocycles. The Labute approximate surface area is 340 Å². The molecule has 6 aromatic rings. The number of ether oxygens (including phenoxy) is 2. The van der Waals surface area contributed by atoms with E-state index in [0.29, 0.717) is 36.3 Å². The Morgan fingerprint density at radius 1 is 0.632 bits per heavy atom. The highest BCUT2D eigenvalue weighted by Gasteiger charge is 2.18. The molecular formula is C44H50N4O7S2. The largest absolute Gasteiger partial charge is 0.487 e. The maximum Gasteiger partial charge on any atom is 0.226 e. The summed E-state index contributed by atoms with van der Waals surface area (Å²) in [7, 11) is -2.45. The van der Waals surface area contributed by atoms with Crippen molar-refractivity contribution in [1.82, 2.24) is 9.97 Å². The molecule has 0 aliphatic rings. The van der Waals surface area contributed by atoms with Gasteiger partial charge in [-0.2, -0.15) is 4.40 Å². The zero-order valence-corrected chi connectivity index (χ0v) is 35.2. The molecule has 0 fully saturated rings. The number of oxazole rings is 2. The number of nitrogens with zero attached hydrogens (tertiary/aromatic N) is 3. The fourth-order valence-corrected chi connectivity index (χ4v) is 4.93. The first-order chi connectivity index (χ1) is 27.0. The molecule has 0 amide bonds. The van der Waals surface area contributed by atoms with E-state index < -0.39 is 22.0 Å². The smallest absolute Gasteiger partial charge is 0.226 e. The van der Waals surface area contributed by atoms with E-state index in [9.17, 15) is 13.2 Å². The SMILES string of the molecule is CC(C)(C)[S@](N)=O.Cc1oc(-c2ccccc2)nc1COc1ccc(C=N[S@](=O)C(C)(C)C)cc1.Cc1oc(-c2ccccc2)nc1COc1ccc(C=O)cc1. The molecule has 57 heavy (non-hydrogen) atoms. The molecule has 2 N–H and O–H groups in total. The molecular weight excluding hydrogens is 761 g/mol. The van der Waals surface area contributed by atoms with Gasteiger partial charge in [0.1, 0.15) is 64.9 Å². The number of aldehydes is 1. The van der Waals surface area contributed by atoms with Crippen molar-refractivity contribution in [3.8, 4) is 34.4 Å². The van der Waals surface area contributed by atoms with Crippen LogP contribution in [-0.2, 0) is 35.2 Å². The molecule has 11 nitrogen and oxygen atoms in total. The second-order valence-electron chi connectivity index (χ2n) is 14.6. The number of aromatic nitrogens is 2. The Bertz CT molecular complexity index is 2240. The Hall–Kier alpha value is -5.50. The molecule has 0 aliphatic carbocycles. The second kappa shape index (κ2) is 20.6. The van der Waals surface area contributed by atoms with Gasteiger partial charge in [-0.25, -0.2) is 18.4 Å². The van der Waals surface area contributed by atoms with Gasteiger partial charge in [-0.3, -0.25) is 9.93 Å². The van der Waals surface area contributed by atoms with Gasteiger partial charge < -0.3 is 18.3 Å². The average molecular weight is 811 g/mol. The normalized spacial score (nSPS) is 12.4. The van der Waals surface area contributed by atoms with Gasteiger partial charge in [-0.1, -0.05) is 36.4 Å². The van der Waals surface area contributed by atoms with Crippen molar-refractivity contribution in [1.29, 1.82) is 0 Å². The van der Waals surface area contributed by atoms with E-state index in [-0.39, 0.29) is 9.49 Å². The molecule has 0 unspecified atom stereocenters. The minimum Gasteiger partial charge on any atom is -0.487 e. The van der Waals surface area contributed by atoms with Crippen molar-refractivity contribution in [2.75, 3.05) is 0 Å². The predicted octanol–water partition coefficient (Wildman–Crippen LogP) is 9.56. The lowest BCUT2D eigenvalue weighted by Gasteiger charge is -2.12. The van der Waals surface area contributed by atoms with E-state index in [2.05, 4.69) is 14.4 Å². The number of nitrogens with two attached hydrogens (primary N) is 1. The Morgan fingerprint density at radius 3 is 1.37 bits per heavy atom. The molecule has 0 saturated carbocycles. The van der Waals surface area contributed by atoms with Crippen molar-refractivity contribution in [3.05, 3.63) is 143 Å². The first-order valence-electron chi connectivity index (χ1n) is 18.1. The number of benzene rings is 4. The monoisotopic (exact) mass is 810 g/mol. The van der Waals surface area contributed by atoms with Crippen LogP contribution in [0, 0.1) is 13.8 Å². The van der Waals surface area contributed by atoms with Crippen LogP contribution in [0.5, 0.6) is 11.5 Å². The number of hydrogen-bond acceptors (Lipinski definition) is 9.